The van der Waals surface area contributed by atoms with Gasteiger partial charge in [-0.1, -0.05) is 6.92 Å². The average molecular weight is 184 g/mol. The van der Waals surface area contributed by atoms with Crippen LogP contribution in [0.15, 0.2) is 0 Å². The van der Waals surface area contributed by atoms with Crippen molar-refractivity contribution in [1.29, 1.82) is 0 Å². The highest BCUT2D eigenvalue weighted by molar-refractivity contribution is 4.60. The van der Waals surface area contributed by atoms with Gasteiger partial charge in [0.1, 0.15) is 12.6 Å². The molecule has 76 valence electrons. The summed E-state index contributed by atoms with van der Waals surface area (Å²) in [6.07, 6.45) is 5.84. The number of quaternary nitrogens is 2. The standard InChI is InChI=1S/C11H22N2/c1-10-4-7-13(8-5-10)9-11-3-2-6-12-11/h10-12H,2-9H2,1H3/p+2/t11-/m0/s1. The SMILES string of the molecule is CC1CC[NH+](C[C@@H]2CCC[NH2+]2)CC1. The maximum absolute atomic E-state index is 2.56. The maximum Gasteiger partial charge on any atom is 0.136 e. The first kappa shape index (κ1) is 9.47. The Morgan fingerprint density at radius 3 is 2.62 bits per heavy atom. The fourth-order valence-corrected chi connectivity index (χ4v) is 2.78. The lowest BCUT2D eigenvalue weighted by Crippen LogP contribution is -3.16. The van der Waals surface area contributed by atoms with E-state index in [0.29, 0.717) is 0 Å². The molecule has 0 aromatic carbocycles. The van der Waals surface area contributed by atoms with Gasteiger partial charge < -0.3 is 10.2 Å². The molecular weight excluding hydrogens is 160 g/mol. The van der Waals surface area contributed by atoms with Crippen LogP contribution in [0, 0.1) is 5.92 Å². The van der Waals surface area contributed by atoms with Crippen molar-refractivity contribution in [1.82, 2.24) is 0 Å². The van der Waals surface area contributed by atoms with Crippen molar-refractivity contribution >= 4 is 0 Å². The van der Waals surface area contributed by atoms with Crippen LogP contribution in [0.1, 0.15) is 32.6 Å². The van der Waals surface area contributed by atoms with Crippen molar-refractivity contribution in [2.45, 2.75) is 38.6 Å². The molecule has 13 heavy (non-hydrogen) atoms. The van der Waals surface area contributed by atoms with Crippen molar-refractivity contribution < 1.29 is 10.2 Å². The van der Waals surface area contributed by atoms with Crippen LogP contribution in [-0.4, -0.2) is 32.2 Å². The first-order chi connectivity index (χ1) is 6.34. The Kier molecular flexibility index (Phi) is 3.23. The monoisotopic (exact) mass is 184 g/mol. The largest absolute Gasteiger partial charge is 0.339 e. The summed E-state index contributed by atoms with van der Waals surface area (Å²) in [6.45, 7) is 8.09. The molecular formula is C11H24N2+2. The number of piperidine rings is 1. The molecule has 0 spiro atoms. The number of nitrogens with two attached hydrogens (primary N) is 1. The van der Waals surface area contributed by atoms with Crippen LogP contribution in [-0.2, 0) is 0 Å². The van der Waals surface area contributed by atoms with E-state index in [1.165, 1.54) is 51.9 Å². The van der Waals surface area contributed by atoms with E-state index in [4.69, 9.17) is 0 Å². The van der Waals surface area contributed by atoms with E-state index in [2.05, 4.69) is 12.2 Å². The van der Waals surface area contributed by atoms with Crippen LogP contribution in [0.3, 0.4) is 0 Å². The molecule has 0 saturated carbocycles. The fourth-order valence-electron chi connectivity index (χ4n) is 2.78. The predicted molar refractivity (Wildman–Crippen MR) is 53.8 cm³/mol. The number of likely N-dealkylation sites (tertiary alicyclic amines) is 1. The molecule has 2 fully saturated rings. The minimum Gasteiger partial charge on any atom is -0.339 e. The predicted octanol–water partition coefficient (Wildman–Crippen LogP) is -0.973. The topological polar surface area (TPSA) is 21.1 Å². The van der Waals surface area contributed by atoms with Crippen LogP contribution >= 0.6 is 0 Å². The van der Waals surface area contributed by atoms with Crippen LogP contribution in [0.25, 0.3) is 0 Å². The number of hydrogen-bond acceptors (Lipinski definition) is 0. The van der Waals surface area contributed by atoms with Crippen LogP contribution in [0.4, 0.5) is 0 Å². The van der Waals surface area contributed by atoms with Crippen molar-refractivity contribution in [2.24, 2.45) is 5.92 Å². The molecule has 3 N–H and O–H groups in total. The summed E-state index contributed by atoms with van der Waals surface area (Å²) in [4.78, 5) is 1.88. The van der Waals surface area contributed by atoms with Gasteiger partial charge in [-0.05, 0) is 18.8 Å². The van der Waals surface area contributed by atoms with E-state index in [0.717, 1.165) is 12.0 Å². The van der Waals surface area contributed by atoms with Gasteiger partial charge in [0.25, 0.3) is 0 Å². The quantitative estimate of drug-likeness (QED) is 0.551. The Labute approximate surface area is 81.7 Å². The van der Waals surface area contributed by atoms with Crippen LogP contribution in [0.5, 0.6) is 0 Å². The second-order valence-corrected chi connectivity index (χ2v) is 5.06. The van der Waals surface area contributed by atoms with E-state index in [1.54, 1.807) is 0 Å². The summed E-state index contributed by atoms with van der Waals surface area (Å²) in [6, 6.07) is 0.961. The van der Waals surface area contributed by atoms with Crippen LogP contribution < -0.4 is 10.2 Å². The zero-order chi connectivity index (χ0) is 9.10. The van der Waals surface area contributed by atoms with Crippen molar-refractivity contribution in [3.8, 4) is 0 Å². The average Bonchev–Trinajstić information content (AvgIpc) is 2.62. The second kappa shape index (κ2) is 4.43. The molecule has 2 aliphatic heterocycles. The van der Waals surface area contributed by atoms with Crippen molar-refractivity contribution in [2.75, 3.05) is 26.2 Å². The molecule has 2 aliphatic rings. The van der Waals surface area contributed by atoms with Crippen molar-refractivity contribution in [3.05, 3.63) is 0 Å². The Balaban J connectivity index is 1.69. The highest BCUT2D eigenvalue weighted by Crippen LogP contribution is 2.06. The lowest BCUT2D eigenvalue weighted by Gasteiger charge is -2.28. The van der Waals surface area contributed by atoms with E-state index >= 15 is 0 Å². The molecule has 2 heteroatoms. The summed E-state index contributed by atoms with van der Waals surface area (Å²) in [7, 11) is 0. The van der Waals surface area contributed by atoms with Gasteiger partial charge in [0.05, 0.1) is 19.6 Å². The summed E-state index contributed by atoms with van der Waals surface area (Å²) < 4.78 is 0. The Morgan fingerprint density at radius 1 is 1.23 bits per heavy atom. The van der Waals surface area contributed by atoms with Crippen molar-refractivity contribution in [3.63, 3.8) is 0 Å². The van der Waals surface area contributed by atoms with Gasteiger partial charge in [-0.25, -0.2) is 0 Å². The number of rotatable bonds is 2. The highest BCUT2D eigenvalue weighted by Gasteiger charge is 2.26. The normalized spacial score (nSPS) is 40.8. The minimum absolute atomic E-state index is 0.961. The van der Waals surface area contributed by atoms with E-state index < -0.39 is 0 Å². The third-order valence-electron chi connectivity index (χ3n) is 3.81. The third-order valence-corrected chi connectivity index (χ3v) is 3.81. The zero-order valence-electron chi connectivity index (χ0n) is 8.89. The second-order valence-electron chi connectivity index (χ2n) is 5.06. The molecule has 2 rings (SSSR count). The minimum atomic E-state index is 0.961. The first-order valence-electron chi connectivity index (χ1n) is 6.01. The lowest BCUT2D eigenvalue weighted by atomic mass is 9.99. The molecule has 0 aromatic heterocycles. The molecule has 2 nitrogen and oxygen atoms in total. The molecule has 0 aliphatic carbocycles. The maximum atomic E-state index is 2.56. The van der Waals surface area contributed by atoms with Gasteiger partial charge in [0.15, 0.2) is 0 Å². The fraction of sp³-hybridized carbons (Fsp3) is 1.00. The smallest absolute Gasteiger partial charge is 0.136 e. The van der Waals surface area contributed by atoms with Gasteiger partial charge in [-0.2, -0.15) is 0 Å². The van der Waals surface area contributed by atoms with Gasteiger partial charge in [-0.15, -0.1) is 0 Å². The zero-order valence-corrected chi connectivity index (χ0v) is 8.89. The summed E-state index contributed by atoms with van der Waals surface area (Å²) in [5.41, 5.74) is 0. The van der Waals surface area contributed by atoms with Gasteiger partial charge in [0.2, 0.25) is 0 Å². The third kappa shape index (κ3) is 2.68. The first-order valence-corrected chi connectivity index (χ1v) is 6.01. The summed E-state index contributed by atoms with van der Waals surface area (Å²) in [5.74, 6) is 0.997. The molecule has 2 heterocycles. The van der Waals surface area contributed by atoms with E-state index in [-0.39, 0.29) is 0 Å². The molecule has 0 aromatic rings. The number of nitrogens with one attached hydrogen (secondary N) is 1. The van der Waals surface area contributed by atoms with Gasteiger partial charge >= 0.3 is 0 Å². The highest BCUT2D eigenvalue weighted by atomic mass is 15.2. The molecule has 1 atom stereocenters. The summed E-state index contributed by atoms with van der Waals surface area (Å²) >= 11 is 0. The van der Waals surface area contributed by atoms with Crippen LogP contribution in [0.2, 0.25) is 0 Å². The lowest BCUT2D eigenvalue weighted by molar-refractivity contribution is -0.922. The Morgan fingerprint density at radius 2 is 2.00 bits per heavy atom. The Bertz CT molecular complexity index is 144. The van der Waals surface area contributed by atoms with Gasteiger partial charge in [-0.3, -0.25) is 0 Å². The Hall–Kier alpha value is -0.0800. The molecule has 2 saturated heterocycles. The van der Waals surface area contributed by atoms with E-state index in [1.807, 2.05) is 4.90 Å². The molecule has 0 amide bonds. The molecule has 0 bridgehead atoms. The summed E-state index contributed by atoms with van der Waals surface area (Å²) in [5, 5.41) is 2.56. The molecule has 0 unspecified atom stereocenters. The van der Waals surface area contributed by atoms with Gasteiger partial charge in [0, 0.05) is 12.8 Å². The van der Waals surface area contributed by atoms with E-state index in [9.17, 15) is 0 Å². The number of hydrogen-bond donors (Lipinski definition) is 2. The molecule has 0 radical (unpaired) electrons.